The first-order valence-electron chi connectivity index (χ1n) is 10.8. The van der Waals surface area contributed by atoms with E-state index in [-0.39, 0.29) is 6.10 Å². The maximum absolute atomic E-state index is 15.2. The van der Waals surface area contributed by atoms with Crippen molar-refractivity contribution >= 4 is 36.0 Å². The fourth-order valence-electron chi connectivity index (χ4n) is 3.22. The predicted molar refractivity (Wildman–Crippen MR) is 132 cm³/mol. The van der Waals surface area contributed by atoms with Crippen molar-refractivity contribution in [2.75, 3.05) is 6.61 Å². The number of carbonyl (C=O) groups is 1. The Bertz CT molecular complexity index is 1230. The quantitative estimate of drug-likeness (QED) is 0.222. The summed E-state index contributed by atoms with van der Waals surface area (Å²) in [4.78, 5) is 37.7. The third-order valence-corrected chi connectivity index (χ3v) is 7.83. The molecule has 1 aromatic heterocycles. The summed E-state index contributed by atoms with van der Waals surface area (Å²) in [5.41, 5.74) is -1.69. The van der Waals surface area contributed by atoms with E-state index in [2.05, 4.69) is 5.09 Å². The highest BCUT2D eigenvalue weighted by atomic mass is 35.5. The summed E-state index contributed by atoms with van der Waals surface area (Å²) in [6.45, 7) is 0.859. The van der Waals surface area contributed by atoms with Crippen LogP contribution in [-0.4, -0.2) is 56.7 Å². The van der Waals surface area contributed by atoms with Crippen LogP contribution in [0, 0.1) is 0 Å². The molecule has 2 heterocycles. The summed E-state index contributed by atoms with van der Waals surface area (Å²) in [6.07, 6.45) is -4.50. The molecule has 198 valence electrons. The van der Waals surface area contributed by atoms with Crippen LogP contribution < -0.4 is 20.9 Å². The van der Waals surface area contributed by atoms with Crippen molar-refractivity contribution in [1.82, 2.24) is 14.6 Å². The number of nitrogens with zero attached hydrogens (tertiary/aromatic N) is 1. The van der Waals surface area contributed by atoms with Crippen LogP contribution in [0.15, 0.2) is 52.2 Å². The number of halogens is 2. The summed E-state index contributed by atoms with van der Waals surface area (Å²) in [5, 5.41) is 10.4. The van der Waals surface area contributed by atoms with Crippen molar-refractivity contribution in [2.45, 2.75) is 56.5 Å². The molecule has 0 unspecified atom stereocenters. The molecule has 1 aliphatic rings. The standard InChI is InChI=1S/C21H26ClFN3O8PS/c1-12(2)32-18(29)13(3)25-35(36,34-14-7-5-4-6-8-14)31-11-15-17(28)21(22,23)19(33-15)26-10-9-16(27)24-20(26)30/h4-10,12-13,15,17,19,28H,11H2,1-3H3,(H,25,36)(H,24,27,30)/t13-,15+,17+,19+,21+,35-/m0/s1. The number of alkyl halides is 2. The molecule has 3 N–H and O–H groups in total. The Labute approximate surface area is 215 Å². The van der Waals surface area contributed by atoms with Crippen LogP contribution in [0.1, 0.15) is 27.0 Å². The second-order valence-corrected chi connectivity index (χ2v) is 11.9. The highest BCUT2D eigenvalue weighted by Crippen LogP contribution is 2.48. The third kappa shape index (κ3) is 6.80. The molecule has 1 aliphatic heterocycles. The second-order valence-electron chi connectivity index (χ2n) is 8.20. The number of benzene rings is 1. The van der Waals surface area contributed by atoms with Gasteiger partial charge in [-0.05, 0) is 44.7 Å². The van der Waals surface area contributed by atoms with Crippen molar-refractivity contribution in [1.29, 1.82) is 0 Å². The molecule has 1 saturated heterocycles. The lowest BCUT2D eigenvalue weighted by Crippen LogP contribution is -2.42. The van der Waals surface area contributed by atoms with Gasteiger partial charge in [0, 0.05) is 12.3 Å². The number of H-pyrrole nitrogens is 1. The molecule has 6 atom stereocenters. The van der Waals surface area contributed by atoms with Gasteiger partial charge in [0.1, 0.15) is 24.0 Å². The summed E-state index contributed by atoms with van der Waals surface area (Å²) in [5.74, 6) is -0.266. The Morgan fingerprint density at radius 2 is 2.00 bits per heavy atom. The second kappa shape index (κ2) is 11.5. The number of carbonyl (C=O) groups excluding carboxylic acids is 1. The lowest BCUT2D eigenvalue weighted by atomic mass is 10.1. The molecule has 0 bridgehead atoms. The van der Waals surface area contributed by atoms with Crippen LogP contribution in [0.25, 0.3) is 0 Å². The maximum Gasteiger partial charge on any atom is 0.330 e. The average molecular weight is 566 g/mol. The minimum Gasteiger partial charge on any atom is -0.462 e. The molecule has 3 rings (SSSR count). The van der Waals surface area contributed by atoms with Crippen LogP contribution >= 0.6 is 18.2 Å². The Balaban J connectivity index is 1.80. The summed E-state index contributed by atoms with van der Waals surface area (Å²) >= 11 is 11.5. The topological polar surface area (TPSA) is 141 Å². The first-order chi connectivity index (χ1) is 16.8. The van der Waals surface area contributed by atoms with Crippen LogP contribution in [-0.2, 0) is 30.6 Å². The Hall–Kier alpha value is -2.12. The largest absolute Gasteiger partial charge is 0.462 e. The van der Waals surface area contributed by atoms with E-state index < -0.39 is 60.1 Å². The molecule has 0 amide bonds. The maximum atomic E-state index is 15.2. The van der Waals surface area contributed by atoms with Gasteiger partial charge >= 0.3 is 18.3 Å². The molecular weight excluding hydrogens is 540 g/mol. The van der Waals surface area contributed by atoms with Crippen LogP contribution in [0.5, 0.6) is 5.75 Å². The van der Waals surface area contributed by atoms with Crippen LogP contribution in [0.2, 0.25) is 0 Å². The number of ether oxygens (including phenoxy) is 2. The van der Waals surface area contributed by atoms with Gasteiger partial charge in [-0.2, -0.15) is 0 Å². The van der Waals surface area contributed by atoms with Gasteiger partial charge in [-0.25, -0.2) is 14.3 Å². The zero-order chi connectivity index (χ0) is 26.7. The van der Waals surface area contributed by atoms with Gasteiger partial charge < -0.3 is 23.6 Å². The van der Waals surface area contributed by atoms with Crippen LogP contribution in [0.4, 0.5) is 4.39 Å². The third-order valence-electron chi connectivity index (χ3n) is 4.92. The minimum absolute atomic E-state index is 0.334. The van der Waals surface area contributed by atoms with Gasteiger partial charge in [0.15, 0.2) is 6.23 Å². The fraction of sp³-hybridized carbons (Fsp3) is 0.476. The number of hydrogen-bond donors (Lipinski definition) is 3. The molecule has 2 aromatic rings. The average Bonchev–Trinajstić information content (AvgIpc) is 3.01. The van der Waals surface area contributed by atoms with E-state index >= 15 is 4.39 Å². The smallest absolute Gasteiger partial charge is 0.330 e. The number of para-hydroxylation sites is 1. The van der Waals surface area contributed by atoms with Crippen molar-refractivity contribution in [2.24, 2.45) is 0 Å². The number of aromatic amines is 1. The van der Waals surface area contributed by atoms with Crippen LogP contribution in [0.3, 0.4) is 0 Å². The van der Waals surface area contributed by atoms with E-state index in [9.17, 15) is 19.5 Å². The minimum atomic E-state index is -3.51. The molecule has 15 heteroatoms. The van der Waals surface area contributed by atoms with E-state index in [1.165, 1.54) is 6.92 Å². The summed E-state index contributed by atoms with van der Waals surface area (Å²) in [6, 6.07) is 8.44. The fourth-order valence-corrected chi connectivity index (χ4v) is 5.94. The van der Waals surface area contributed by atoms with Crippen molar-refractivity contribution in [3.05, 3.63) is 63.4 Å². The Morgan fingerprint density at radius 3 is 2.61 bits per heavy atom. The summed E-state index contributed by atoms with van der Waals surface area (Å²) in [7, 11) is 0. The predicted octanol–water partition coefficient (Wildman–Crippen LogP) is 1.95. The molecular formula is C21H26ClFN3O8PS. The molecule has 0 aliphatic carbocycles. The molecule has 0 saturated carbocycles. The summed E-state index contributed by atoms with van der Waals surface area (Å²) < 4.78 is 38.3. The zero-order valence-electron chi connectivity index (χ0n) is 19.5. The highest BCUT2D eigenvalue weighted by Gasteiger charge is 2.58. The van der Waals surface area contributed by atoms with Gasteiger partial charge in [-0.15, -0.1) is 0 Å². The van der Waals surface area contributed by atoms with E-state index in [0.717, 1.165) is 12.3 Å². The van der Waals surface area contributed by atoms with Crippen molar-refractivity contribution in [3.8, 4) is 5.75 Å². The zero-order valence-corrected chi connectivity index (χ0v) is 22.0. The van der Waals surface area contributed by atoms with E-state index in [0.29, 0.717) is 10.3 Å². The van der Waals surface area contributed by atoms with E-state index in [1.54, 1.807) is 44.2 Å². The SMILES string of the molecule is CC(C)OC(=O)[C@H](C)N[P@](=S)(OC[C@H]1O[C@@H](n2ccc(=O)[nH]c2=O)[C@@](F)(Cl)[C@@H]1O)Oc1ccccc1. The number of aromatic nitrogens is 2. The van der Waals surface area contributed by atoms with E-state index in [1.807, 2.05) is 4.98 Å². The van der Waals surface area contributed by atoms with Gasteiger partial charge in [-0.1, -0.05) is 29.8 Å². The van der Waals surface area contributed by atoms with Gasteiger partial charge in [0.25, 0.3) is 10.7 Å². The number of esters is 1. The normalized spacial score (nSPS) is 26.4. The molecule has 36 heavy (non-hydrogen) atoms. The number of rotatable bonds is 10. The highest BCUT2D eigenvalue weighted by molar-refractivity contribution is 8.09. The Morgan fingerprint density at radius 1 is 1.33 bits per heavy atom. The molecule has 0 radical (unpaired) electrons. The lowest BCUT2D eigenvalue weighted by Gasteiger charge is -2.28. The number of aliphatic hydroxyl groups excluding tert-OH is 1. The van der Waals surface area contributed by atoms with Crippen molar-refractivity contribution in [3.63, 3.8) is 0 Å². The Kier molecular flexibility index (Phi) is 9.10. The van der Waals surface area contributed by atoms with Gasteiger partial charge in [0.2, 0.25) is 0 Å². The monoisotopic (exact) mass is 565 g/mol. The molecule has 1 aromatic carbocycles. The molecule has 11 nitrogen and oxygen atoms in total. The first-order valence-corrected chi connectivity index (χ1v) is 13.8. The number of nitrogens with one attached hydrogen (secondary N) is 2. The van der Waals surface area contributed by atoms with Crippen molar-refractivity contribution < 1.29 is 32.8 Å². The molecule has 0 spiro atoms. The molecule has 1 fully saturated rings. The van der Waals surface area contributed by atoms with E-state index in [4.69, 9.17) is 41.9 Å². The first kappa shape index (κ1) is 28.5. The lowest BCUT2D eigenvalue weighted by molar-refractivity contribution is -0.149. The number of hydrogen-bond acceptors (Lipinski definition) is 9. The van der Waals surface area contributed by atoms with Gasteiger partial charge in [-0.3, -0.25) is 19.1 Å². The van der Waals surface area contributed by atoms with Gasteiger partial charge in [0.05, 0.1) is 12.7 Å². The number of aliphatic hydroxyl groups is 1.